The van der Waals surface area contributed by atoms with Crippen LogP contribution < -0.4 is 11.1 Å². The standard InChI is InChI=1S/C13H22N2O2S/c1-4-13(3,10-14)15-11-8-6-7-9-12(11)18(16,17)5-2/h6-9,15H,4-5,10,14H2,1-3H3. The zero-order valence-corrected chi connectivity index (χ0v) is 12.0. The summed E-state index contributed by atoms with van der Waals surface area (Å²) in [4.78, 5) is 0.348. The van der Waals surface area contributed by atoms with E-state index in [1.54, 1.807) is 25.1 Å². The van der Waals surface area contributed by atoms with E-state index in [9.17, 15) is 8.42 Å². The van der Waals surface area contributed by atoms with E-state index >= 15 is 0 Å². The van der Waals surface area contributed by atoms with Crippen molar-refractivity contribution in [3.8, 4) is 0 Å². The van der Waals surface area contributed by atoms with Crippen LogP contribution in [-0.2, 0) is 9.84 Å². The maximum absolute atomic E-state index is 12.0. The number of nitrogens with one attached hydrogen (secondary N) is 1. The van der Waals surface area contributed by atoms with Crippen molar-refractivity contribution in [3.63, 3.8) is 0 Å². The summed E-state index contributed by atoms with van der Waals surface area (Å²) in [7, 11) is -3.22. The Morgan fingerprint density at radius 3 is 2.39 bits per heavy atom. The average Bonchev–Trinajstić information content (AvgIpc) is 2.39. The number of anilines is 1. The molecular weight excluding hydrogens is 248 g/mol. The van der Waals surface area contributed by atoms with Crippen LogP contribution in [0.3, 0.4) is 0 Å². The molecule has 1 aromatic carbocycles. The minimum absolute atomic E-state index is 0.0944. The minimum Gasteiger partial charge on any atom is -0.378 e. The smallest absolute Gasteiger partial charge is 0.180 e. The molecule has 0 amide bonds. The molecule has 0 fully saturated rings. The van der Waals surface area contributed by atoms with Gasteiger partial charge >= 0.3 is 0 Å². The van der Waals surface area contributed by atoms with Crippen molar-refractivity contribution in [2.45, 2.75) is 37.6 Å². The molecule has 18 heavy (non-hydrogen) atoms. The first-order chi connectivity index (χ1) is 8.38. The Labute approximate surface area is 110 Å². The topological polar surface area (TPSA) is 72.2 Å². The molecule has 0 aliphatic rings. The second-order valence-corrected chi connectivity index (χ2v) is 6.89. The van der Waals surface area contributed by atoms with Gasteiger partial charge in [0.2, 0.25) is 0 Å². The first kappa shape index (κ1) is 15.0. The van der Waals surface area contributed by atoms with Gasteiger partial charge < -0.3 is 11.1 Å². The monoisotopic (exact) mass is 270 g/mol. The SMILES string of the molecule is CCC(C)(CN)Nc1ccccc1S(=O)(=O)CC. The molecule has 102 valence electrons. The van der Waals surface area contributed by atoms with Crippen LogP contribution in [-0.4, -0.2) is 26.3 Å². The average molecular weight is 270 g/mol. The number of hydrogen-bond donors (Lipinski definition) is 2. The number of hydrogen-bond acceptors (Lipinski definition) is 4. The molecule has 0 heterocycles. The van der Waals surface area contributed by atoms with Gasteiger partial charge in [-0.15, -0.1) is 0 Å². The molecule has 1 atom stereocenters. The summed E-state index contributed by atoms with van der Waals surface area (Å²) in [6.45, 7) is 6.11. The summed E-state index contributed by atoms with van der Waals surface area (Å²) in [6.07, 6.45) is 0.823. The molecule has 0 aliphatic heterocycles. The minimum atomic E-state index is -3.22. The fourth-order valence-electron chi connectivity index (χ4n) is 1.61. The van der Waals surface area contributed by atoms with Crippen LogP contribution in [0.4, 0.5) is 5.69 Å². The van der Waals surface area contributed by atoms with Crippen LogP contribution >= 0.6 is 0 Å². The Morgan fingerprint density at radius 2 is 1.89 bits per heavy atom. The quantitative estimate of drug-likeness (QED) is 0.829. The van der Waals surface area contributed by atoms with Crippen LogP contribution in [0.25, 0.3) is 0 Å². The molecule has 0 spiro atoms. The van der Waals surface area contributed by atoms with Crippen molar-refractivity contribution in [3.05, 3.63) is 24.3 Å². The lowest BCUT2D eigenvalue weighted by molar-refractivity contribution is 0.505. The number of sulfone groups is 1. The third-order valence-corrected chi connectivity index (χ3v) is 5.06. The third kappa shape index (κ3) is 3.23. The Balaban J connectivity index is 3.19. The first-order valence-corrected chi connectivity index (χ1v) is 7.84. The molecule has 0 aliphatic carbocycles. The van der Waals surface area contributed by atoms with Gasteiger partial charge in [-0.1, -0.05) is 26.0 Å². The second kappa shape index (κ2) is 5.71. The van der Waals surface area contributed by atoms with Crippen molar-refractivity contribution in [1.82, 2.24) is 0 Å². The van der Waals surface area contributed by atoms with E-state index in [1.165, 1.54) is 0 Å². The Morgan fingerprint density at radius 1 is 1.28 bits per heavy atom. The van der Waals surface area contributed by atoms with Gasteiger partial charge in [-0.2, -0.15) is 0 Å². The zero-order chi connectivity index (χ0) is 13.8. The summed E-state index contributed by atoms with van der Waals surface area (Å²) < 4.78 is 24.0. The Hall–Kier alpha value is -1.07. The largest absolute Gasteiger partial charge is 0.378 e. The molecule has 0 aromatic heterocycles. The van der Waals surface area contributed by atoms with Gasteiger partial charge in [-0.05, 0) is 25.5 Å². The van der Waals surface area contributed by atoms with E-state index in [1.807, 2.05) is 19.9 Å². The molecule has 0 bridgehead atoms. The number of rotatable bonds is 6. The molecule has 1 aromatic rings. The van der Waals surface area contributed by atoms with E-state index in [0.29, 0.717) is 17.1 Å². The van der Waals surface area contributed by atoms with E-state index in [2.05, 4.69) is 5.32 Å². The molecular formula is C13H22N2O2S. The number of benzene rings is 1. The maximum atomic E-state index is 12.0. The van der Waals surface area contributed by atoms with Gasteiger partial charge in [-0.3, -0.25) is 0 Å². The number of para-hydroxylation sites is 1. The molecule has 0 saturated carbocycles. The zero-order valence-electron chi connectivity index (χ0n) is 11.2. The Bertz CT molecular complexity index is 493. The summed E-state index contributed by atoms with van der Waals surface area (Å²) in [5, 5.41) is 3.26. The highest BCUT2D eigenvalue weighted by Crippen LogP contribution is 2.26. The summed E-state index contributed by atoms with van der Waals surface area (Å²) in [5.74, 6) is 0.0944. The first-order valence-electron chi connectivity index (χ1n) is 6.18. The molecule has 1 rings (SSSR count). The lowest BCUT2D eigenvalue weighted by atomic mass is 9.99. The van der Waals surface area contributed by atoms with Gasteiger partial charge in [0, 0.05) is 12.1 Å². The highest BCUT2D eigenvalue weighted by atomic mass is 32.2. The number of nitrogens with two attached hydrogens (primary N) is 1. The normalized spacial score (nSPS) is 15.1. The molecule has 1 unspecified atom stereocenters. The third-order valence-electron chi connectivity index (χ3n) is 3.27. The van der Waals surface area contributed by atoms with E-state index in [-0.39, 0.29) is 11.3 Å². The van der Waals surface area contributed by atoms with Crippen LogP contribution in [0.2, 0.25) is 0 Å². The Kier molecular flexibility index (Phi) is 4.76. The fourth-order valence-corrected chi connectivity index (χ4v) is 2.66. The highest BCUT2D eigenvalue weighted by molar-refractivity contribution is 7.91. The van der Waals surface area contributed by atoms with Gasteiger partial charge in [-0.25, -0.2) is 8.42 Å². The molecule has 3 N–H and O–H groups in total. The highest BCUT2D eigenvalue weighted by Gasteiger charge is 2.23. The molecule has 4 nitrogen and oxygen atoms in total. The molecule has 5 heteroatoms. The van der Waals surface area contributed by atoms with Crippen molar-refractivity contribution >= 4 is 15.5 Å². The van der Waals surface area contributed by atoms with E-state index in [0.717, 1.165) is 6.42 Å². The van der Waals surface area contributed by atoms with Crippen LogP contribution in [0.1, 0.15) is 27.2 Å². The summed E-state index contributed by atoms with van der Waals surface area (Å²) >= 11 is 0. The van der Waals surface area contributed by atoms with Crippen molar-refractivity contribution in [2.24, 2.45) is 5.73 Å². The summed E-state index contributed by atoms with van der Waals surface area (Å²) in [5.41, 5.74) is 6.09. The van der Waals surface area contributed by atoms with Gasteiger partial charge in [0.25, 0.3) is 0 Å². The van der Waals surface area contributed by atoms with Crippen molar-refractivity contribution in [2.75, 3.05) is 17.6 Å². The van der Waals surface area contributed by atoms with Crippen LogP contribution in [0.5, 0.6) is 0 Å². The predicted octanol–water partition coefficient (Wildman–Crippen LogP) is 2.02. The van der Waals surface area contributed by atoms with E-state index in [4.69, 9.17) is 5.73 Å². The lowest BCUT2D eigenvalue weighted by Crippen LogP contribution is -2.42. The van der Waals surface area contributed by atoms with Gasteiger partial charge in [0.15, 0.2) is 9.84 Å². The molecule has 0 saturated heterocycles. The van der Waals surface area contributed by atoms with Gasteiger partial charge in [0.05, 0.1) is 16.3 Å². The predicted molar refractivity (Wildman–Crippen MR) is 75.5 cm³/mol. The maximum Gasteiger partial charge on any atom is 0.180 e. The van der Waals surface area contributed by atoms with Crippen LogP contribution in [0.15, 0.2) is 29.2 Å². The van der Waals surface area contributed by atoms with Gasteiger partial charge in [0.1, 0.15) is 0 Å². The van der Waals surface area contributed by atoms with E-state index < -0.39 is 9.84 Å². The fraction of sp³-hybridized carbons (Fsp3) is 0.538. The van der Waals surface area contributed by atoms with Crippen LogP contribution in [0, 0.1) is 0 Å². The summed E-state index contributed by atoms with van der Waals surface area (Å²) in [6, 6.07) is 6.98. The lowest BCUT2D eigenvalue weighted by Gasteiger charge is -2.30. The molecule has 0 radical (unpaired) electrons. The second-order valence-electron chi connectivity index (χ2n) is 4.64. The van der Waals surface area contributed by atoms with Crippen molar-refractivity contribution in [1.29, 1.82) is 0 Å². The van der Waals surface area contributed by atoms with Crippen molar-refractivity contribution < 1.29 is 8.42 Å².